The van der Waals surface area contributed by atoms with Crippen molar-refractivity contribution in [2.24, 2.45) is 0 Å². The third-order valence-electron chi connectivity index (χ3n) is 11.5. The Hall–Kier alpha value is -7.89. The number of benzene rings is 8. The molecule has 0 unspecified atom stereocenters. The Labute approximate surface area is 333 Å². The lowest BCUT2D eigenvalue weighted by atomic mass is 9.99. The summed E-state index contributed by atoms with van der Waals surface area (Å²) >= 11 is 0. The maximum Gasteiger partial charge on any atom is 0.235 e. The summed E-state index contributed by atoms with van der Waals surface area (Å²) in [5, 5.41) is 6.73. The standard InChI is InChI=1S/C53H33N5/c1-5-17-34(18-6-1)38-29-30-40-43-32-42-39-25-14-16-28-46(39)58-51(50(36-21-9-3-10-22-36)55-52(58)37-23-11-4-12-24-37)44(42)33-48(43)57(47(40)31-38)53-54-45-27-15-13-26-41(45)49(56-53)35-19-7-2-8-20-35/h1-33H. The number of rotatable bonds is 5. The van der Waals surface area contributed by atoms with Gasteiger partial charge in [0.05, 0.1) is 39.0 Å². The molecular weight excluding hydrogens is 707 g/mol. The van der Waals surface area contributed by atoms with Gasteiger partial charge in [0.15, 0.2) is 0 Å². The van der Waals surface area contributed by atoms with Crippen LogP contribution < -0.4 is 0 Å². The van der Waals surface area contributed by atoms with Crippen molar-refractivity contribution in [2.75, 3.05) is 0 Å². The first-order chi connectivity index (χ1) is 28.8. The summed E-state index contributed by atoms with van der Waals surface area (Å²) in [5.74, 6) is 1.53. The topological polar surface area (TPSA) is 48.0 Å². The summed E-state index contributed by atoms with van der Waals surface area (Å²) in [7, 11) is 0. The van der Waals surface area contributed by atoms with E-state index in [0.717, 1.165) is 99.5 Å². The van der Waals surface area contributed by atoms with Crippen LogP contribution in [-0.2, 0) is 0 Å². The van der Waals surface area contributed by atoms with Crippen molar-refractivity contribution in [3.05, 3.63) is 200 Å². The largest absolute Gasteiger partial charge is 0.291 e. The predicted molar refractivity (Wildman–Crippen MR) is 239 cm³/mol. The minimum Gasteiger partial charge on any atom is -0.291 e. The molecule has 0 amide bonds. The normalized spacial score (nSPS) is 11.8. The van der Waals surface area contributed by atoms with Crippen LogP contribution in [-0.4, -0.2) is 23.9 Å². The van der Waals surface area contributed by atoms with E-state index in [1.807, 2.05) is 6.07 Å². The third-order valence-corrected chi connectivity index (χ3v) is 11.5. The summed E-state index contributed by atoms with van der Waals surface area (Å²) in [6, 6.07) is 70.7. The van der Waals surface area contributed by atoms with Crippen LogP contribution in [0, 0.1) is 0 Å². The molecule has 12 rings (SSSR count). The van der Waals surface area contributed by atoms with Crippen LogP contribution in [0.4, 0.5) is 0 Å². The molecule has 0 saturated carbocycles. The molecule has 58 heavy (non-hydrogen) atoms. The SMILES string of the molecule is c1ccc(-c2ccc3c4cc5c6ccccc6n6c(-c7ccccc7)nc(-c7ccccc7)c6c5cc4n(-c4nc(-c5ccccc5)c5ccccc5n4)c3c2)cc1. The van der Waals surface area contributed by atoms with Gasteiger partial charge in [-0.25, -0.2) is 15.0 Å². The van der Waals surface area contributed by atoms with E-state index in [2.05, 4.69) is 203 Å². The van der Waals surface area contributed by atoms with E-state index < -0.39 is 0 Å². The van der Waals surface area contributed by atoms with Gasteiger partial charge in [-0.15, -0.1) is 0 Å². The van der Waals surface area contributed by atoms with Gasteiger partial charge in [-0.3, -0.25) is 8.97 Å². The number of nitrogens with zero attached hydrogens (tertiary/aromatic N) is 5. The fourth-order valence-electron chi connectivity index (χ4n) is 8.87. The van der Waals surface area contributed by atoms with Crippen molar-refractivity contribution in [3.63, 3.8) is 0 Å². The van der Waals surface area contributed by atoms with E-state index in [9.17, 15) is 0 Å². The molecular formula is C53H33N5. The Bertz CT molecular complexity index is 3540. The Morgan fingerprint density at radius 1 is 0.310 bits per heavy atom. The van der Waals surface area contributed by atoms with Gasteiger partial charge >= 0.3 is 0 Å². The van der Waals surface area contributed by atoms with Gasteiger partial charge in [-0.05, 0) is 46.8 Å². The summed E-state index contributed by atoms with van der Waals surface area (Å²) in [6.07, 6.45) is 0. The lowest BCUT2D eigenvalue weighted by Crippen LogP contribution is -2.03. The van der Waals surface area contributed by atoms with E-state index >= 15 is 0 Å². The Morgan fingerprint density at radius 3 is 1.60 bits per heavy atom. The number of para-hydroxylation sites is 2. The van der Waals surface area contributed by atoms with Gasteiger partial charge in [0.2, 0.25) is 5.95 Å². The van der Waals surface area contributed by atoms with Crippen LogP contribution in [0.15, 0.2) is 200 Å². The first-order valence-corrected chi connectivity index (χ1v) is 19.6. The minimum atomic E-state index is 0.626. The first kappa shape index (κ1) is 32.4. The minimum absolute atomic E-state index is 0.626. The maximum absolute atomic E-state index is 5.49. The highest BCUT2D eigenvalue weighted by Gasteiger charge is 2.24. The van der Waals surface area contributed by atoms with Gasteiger partial charge in [-0.2, -0.15) is 0 Å². The predicted octanol–water partition coefficient (Wildman–Crippen LogP) is 13.3. The molecule has 270 valence electrons. The molecule has 0 radical (unpaired) electrons. The van der Waals surface area contributed by atoms with Crippen LogP contribution >= 0.6 is 0 Å². The van der Waals surface area contributed by atoms with Crippen LogP contribution in [0.3, 0.4) is 0 Å². The molecule has 4 aromatic heterocycles. The molecule has 0 bridgehead atoms. The maximum atomic E-state index is 5.49. The zero-order chi connectivity index (χ0) is 38.2. The van der Waals surface area contributed by atoms with Crippen LogP contribution in [0.25, 0.3) is 111 Å². The van der Waals surface area contributed by atoms with Crippen LogP contribution in [0.5, 0.6) is 0 Å². The van der Waals surface area contributed by atoms with Gasteiger partial charge in [-0.1, -0.05) is 170 Å². The molecule has 5 nitrogen and oxygen atoms in total. The van der Waals surface area contributed by atoms with Crippen molar-refractivity contribution in [1.29, 1.82) is 0 Å². The molecule has 12 aromatic rings. The first-order valence-electron chi connectivity index (χ1n) is 19.6. The number of hydrogen-bond donors (Lipinski definition) is 0. The number of hydrogen-bond acceptors (Lipinski definition) is 3. The second-order valence-corrected chi connectivity index (χ2v) is 14.8. The number of imidazole rings is 1. The molecule has 0 atom stereocenters. The zero-order valence-corrected chi connectivity index (χ0v) is 31.3. The average molecular weight is 740 g/mol. The molecule has 0 spiro atoms. The summed E-state index contributed by atoms with van der Waals surface area (Å²) in [5.41, 5.74) is 12.4. The van der Waals surface area contributed by atoms with E-state index in [4.69, 9.17) is 15.0 Å². The molecule has 0 saturated heterocycles. The molecule has 8 aromatic carbocycles. The molecule has 0 N–H and O–H groups in total. The van der Waals surface area contributed by atoms with Crippen molar-refractivity contribution in [3.8, 4) is 51.0 Å². The second-order valence-electron chi connectivity index (χ2n) is 14.8. The van der Waals surface area contributed by atoms with E-state index in [-0.39, 0.29) is 0 Å². The molecule has 0 aliphatic rings. The van der Waals surface area contributed by atoms with E-state index in [1.54, 1.807) is 0 Å². The second kappa shape index (κ2) is 12.8. The number of aromatic nitrogens is 5. The monoisotopic (exact) mass is 739 g/mol. The highest BCUT2D eigenvalue weighted by molar-refractivity contribution is 6.23. The molecule has 5 heteroatoms. The van der Waals surface area contributed by atoms with E-state index in [0.29, 0.717) is 5.95 Å². The average Bonchev–Trinajstić information content (AvgIpc) is 3.86. The Morgan fingerprint density at radius 2 is 0.879 bits per heavy atom. The Balaban J connectivity index is 1.27. The van der Waals surface area contributed by atoms with Crippen molar-refractivity contribution >= 4 is 59.9 Å². The lowest BCUT2D eigenvalue weighted by molar-refractivity contribution is 1.01. The van der Waals surface area contributed by atoms with Crippen molar-refractivity contribution in [1.82, 2.24) is 23.9 Å². The fraction of sp³-hybridized carbons (Fsp3) is 0. The van der Waals surface area contributed by atoms with E-state index in [1.165, 1.54) is 5.39 Å². The number of pyridine rings is 1. The quantitative estimate of drug-likeness (QED) is 0.165. The van der Waals surface area contributed by atoms with Crippen molar-refractivity contribution < 1.29 is 0 Å². The summed E-state index contributed by atoms with van der Waals surface area (Å²) in [6.45, 7) is 0. The van der Waals surface area contributed by atoms with Gasteiger partial charge in [0.1, 0.15) is 5.82 Å². The highest BCUT2D eigenvalue weighted by atomic mass is 15.2. The molecule has 4 heterocycles. The van der Waals surface area contributed by atoms with Crippen LogP contribution in [0.2, 0.25) is 0 Å². The van der Waals surface area contributed by atoms with Gasteiger partial charge < -0.3 is 0 Å². The molecule has 0 aliphatic carbocycles. The molecule has 0 fully saturated rings. The van der Waals surface area contributed by atoms with Crippen molar-refractivity contribution in [2.45, 2.75) is 0 Å². The van der Waals surface area contributed by atoms with Crippen LogP contribution in [0.1, 0.15) is 0 Å². The third kappa shape index (κ3) is 4.93. The van der Waals surface area contributed by atoms with Gasteiger partial charge in [0, 0.05) is 43.6 Å². The summed E-state index contributed by atoms with van der Waals surface area (Å²) in [4.78, 5) is 16.3. The Kier molecular flexibility index (Phi) is 7.16. The zero-order valence-electron chi connectivity index (χ0n) is 31.3. The summed E-state index contributed by atoms with van der Waals surface area (Å²) < 4.78 is 4.64. The smallest absolute Gasteiger partial charge is 0.235 e. The highest BCUT2D eigenvalue weighted by Crippen LogP contribution is 2.43. The fourth-order valence-corrected chi connectivity index (χ4v) is 8.87. The molecule has 0 aliphatic heterocycles. The van der Waals surface area contributed by atoms with Gasteiger partial charge in [0.25, 0.3) is 0 Å². The lowest BCUT2D eigenvalue weighted by Gasteiger charge is -2.14. The number of fused-ring (bicyclic) bond motifs is 10.